The minimum Gasteiger partial charge on any atom is -0.378 e. The Morgan fingerprint density at radius 1 is 1.00 bits per heavy atom. The van der Waals surface area contributed by atoms with E-state index >= 15 is 0 Å². The summed E-state index contributed by atoms with van der Waals surface area (Å²) in [5.41, 5.74) is 1.39. The quantitative estimate of drug-likeness (QED) is 0.648. The Labute approximate surface area is 176 Å². The number of rotatable bonds is 5. The van der Waals surface area contributed by atoms with E-state index in [0.717, 1.165) is 24.6 Å². The Morgan fingerprint density at radius 2 is 1.73 bits per heavy atom. The second kappa shape index (κ2) is 8.66. The van der Waals surface area contributed by atoms with Gasteiger partial charge in [0.15, 0.2) is 11.6 Å². The fraction of sp³-hybridized carbons (Fsp3) is 0.450. The third-order valence-corrected chi connectivity index (χ3v) is 7.34. The van der Waals surface area contributed by atoms with Gasteiger partial charge in [-0.25, -0.2) is 8.42 Å². The van der Waals surface area contributed by atoms with E-state index in [1.807, 2.05) is 6.07 Å². The first-order valence-corrected chi connectivity index (χ1v) is 11.4. The van der Waals surface area contributed by atoms with Gasteiger partial charge in [0.05, 0.1) is 30.0 Å². The molecule has 2 saturated heterocycles. The Bertz CT molecular complexity index is 1020. The van der Waals surface area contributed by atoms with Crippen LogP contribution >= 0.6 is 0 Å². The van der Waals surface area contributed by atoms with Gasteiger partial charge in [0.2, 0.25) is 10.0 Å². The topological polar surface area (TPSA) is 95.9 Å². The molecule has 0 spiro atoms. The maximum absolute atomic E-state index is 13.0. The lowest BCUT2D eigenvalue weighted by atomic mass is 10.2. The average Bonchev–Trinajstić information content (AvgIpc) is 2.80. The molecule has 10 heteroatoms. The summed E-state index contributed by atoms with van der Waals surface area (Å²) in [6, 6.07) is 8.21. The summed E-state index contributed by atoms with van der Waals surface area (Å²) in [7, 11) is -3.65. The summed E-state index contributed by atoms with van der Waals surface area (Å²) in [5, 5.41) is 8.39. The van der Waals surface area contributed by atoms with E-state index in [-0.39, 0.29) is 10.7 Å². The second-order valence-corrected chi connectivity index (χ2v) is 9.28. The molecule has 0 radical (unpaired) electrons. The lowest BCUT2D eigenvalue weighted by Gasteiger charge is -2.35. The summed E-state index contributed by atoms with van der Waals surface area (Å²) >= 11 is 0. The highest BCUT2D eigenvalue weighted by Crippen LogP contribution is 2.23. The van der Waals surface area contributed by atoms with Gasteiger partial charge in [0.1, 0.15) is 0 Å². The van der Waals surface area contributed by atoms with Crippen molar-refractivity contribution in [2.75, 3.05) is 62.3 Å². The van der Waals surface area contributed by atoms with Gasteiger partial charge in [0.25, 0.3) is 0 Å². The maximum atomic E-state index is 13.0. The van der Waals surface area contributed by atoms with Crippen molar-refractivity contribution >= 4 is 27.3 Å². The van der Waals surface area contributed by atoms with Gasteiger partial charge in [-0.15, -0.1) is 5.10 Å². The molecule has 2 aliphatic rings. The summed E-state index contributed by atoms with van der Waals surface area (Å²) in [6.07, 6.45) is 1.75. The van der Waals surface area contributed by atoms with Crippen molar-refractivity contribution in [3.63, 3.8) is 0 Å². The number of hydrogen-bond acceptors (Lipinski definition) is 8. The number of aromatic nitrogens is 2. The number of benzene rings is 1. The molecule has 0 N–H and O–H groups in total. The van der Waals surface area contributed by atoms with Crippen LogP contribution in [-0.2, 0) is 14.8 Å². The van der Waals surface area contributed by atoms with Crippen LogP contribution in [0.15, 0.2) is 41.4 Å². The summed E-state index contributed by atoms with van der Waals surface area (Å²) < 4.78 is 32.9. The Morgan fingerprint density at radius 3 is 2.43 bits per heavy atom. The van der Waals surface area contributed by atoms with E-state index in [1.54, 1.807) is 18.3 Å². The molecule has 0 amide bonds. The van der Waals surface area contributed by atoms with Crippen LogP contribution in [0.1, 0.15) is 17.3 Å². The first kappa shape index (κ1) is 20.7. The number of hydrogen-bond donors (Lipinski definition) is 0. The number of ether oxygens (including phenoxy) is 1. The molecule has 9 nitrogen and oxygen atoms in total. The van der Waals surface area contributed by atoms with Gasteiger partial charge >= 0.3 is 0 Å². The average molecular weight is 432 g/mol. The summed E-state index contributed by atoms with van der Waals surface area (Å²) in [4.78, 5) is 16.0. The number of sulfonamides is 1. The van der Waals surface area contributed by atoms with Crippen LogP contribution in [0.3, 0.4) is 0 Å². The Balaban J connectivity index is 1.45. The molecule has 3 heterocycles. The highest BCUT2D eigenvalue weighted by molar-refractivity contribution is 7.89. The first-order chi connectivity index (χ1) is 14.4. The van der Waals surface area contributed by atoms with Crippen molar-refractivity contribution in [3.8, 4) is 0 Å². The number of nitrogens with zero attached hydrogens (tertiary/aromatic N) is 5. The van der Waals surface area contributed by atoms with Gasteiger partial charge in [-0.3, -0.25) is 4.79 Å². The summed E-state index contributed by atoms with van der Waals surface area (Å²) in [6.45, 7) is 6.17. The Hall–Kier alpha value is -2.56. The van der Waals surface area contributed by atoms with Gasteiger partial charge in [-0.05, 0) is 19.1 Å². The fourth-order valence-electron chi connectivity index (χ4n) is 3.68. The first-order valence-electron chi connectivity index (χ1n) is 9.97. The molecular formula is C20H25N5O4S. The molecular weight excluding hydrogens is 406 g/mol. The number of carbonyl (C=O) groups excluding carboxylic acids is 1. The van der Waals surface area contributed by atoms with Crippen molar-refractivity contribution in [1.82, 2.24) is 14.5 Å². The number of carbonyl (C=O) groups is 1. The fourth-order valence-corrected chi connectivity index (χ4v) is 5.15. The van der Waals surface area contributed by atoms with Crippen molar-refractivity contribution in [1.29, 1.82) is 0 Å². The molecule has 160 valence electrons. The molecule has 30 heavy (non-hydrogen) atoms. The molecule has 0 aliphatic carbocycles. The lowest BCUT2D eigenvalue weighted by molar-refractivity contribution is 0.101. The third kappa shape index (κ3) is 4.30. The molecule has 0 bridgehead atoms. The Kier molecular flexibility index (Phi) is 5.98. The molecule has 1 aromatic carbocycles. The van der Waals surface area contributed by atoms with Gasteiger partial charge in [0, 0.05) is 50.9 Å². The van der Waals surface area contributed by atoms with Gasteiger partial charge in [-0.1, -0.05) is 12.1 Å². The van der Waals surface area contributed by atoms with E-state index in [0.29, 0.717) is 45.0 Å². The molecule has 0 saturated carbocycles. The number of morpholine rings is 1. The van der Waals surface area contributed by atoms with Crippen molar-refractivity contribution in [2.24, 2.45) is 0 Å². The minimum absolute atomic E-state index is 0.151. The number of piperazine rings is 1. The highest BCUT2D eigenvalue weighted by Gasteiger charge is 2.29. The van der Waals surface area contributed by atoms with Crippen molar-refractivity contribution in [3.05, 3.63) is 42.1 Å². The summed E-state index contributed by atoms with van der Waals surface area (Å²) in [5.74, 6) is 0.588. The minimum atomic E-state index is -3.65. The van der Waals surface area contributed by atoms with Gasteiger partial charge in [-0.2, -0.15) is 9.40 Å². The van der Waals surface area contributed by atoms with Crippen LogP contribution in [0.5, 0.6) is 0 Å². The van der Waals surface area contributed by atoms with Crippen molar-refractivity contribution < 1.29 is 17.9 Å². The van der Waals surface area contributed by atoms with E-state index in [4.69, 9.17) is 4.74 Å². The predicted octanol–water partition coefficient (Wildman–Crippen LogP) is 1.03. The normalized spacial score (nSPS) is 18.4. The van der Waals surface area contributed by atoms with Crippen molar-refractivity contribution in [2.45, 2.75) is 11.8 Å². The van der Waals surface area contributed by atoms with Crippen LogP contribution in [-0.4, -0.2) is 81.2 Å². The smallest absolute Gasteiger partial charge is 0.243 e. The molecule has 0 atom stereocenters. The number of anilines is 2. The molecule has 2 aromatic rings. The zero-order valence-electron chi connectivity index (χ0n) is 16.9. The SMILES string of the molecule is CC(=O)c1cccc(S(=O)(=O)N2CCN(c3cc(N4CCOCC4)cnn3)CC2)c1. The zero-order valence-corrected chi connectivity index (χ0v) is 17.7. The van der Waals surface area contributed by atoms with E-state index < -0.39 is 10.0 Å². The molecule has 0 unspecified atom stereocenters. The van der Waals surface area contributed by atoms with Gasteiger partial charge < -0.3 is 14.5 Å². The zero-order chi connectivity index (χ0) is 21.1. The van der Waals surface area contributed by atoms with E-state index in [2.05, 4.69) is 20.0 Å². The second-order valence-electron chi connectivity index (χ2n) is 7.35. The van der Waals surface area contributed by atoms with E-state index in [9.17, 15) is 13.2 Å². The number of ketones is 1. The standard InChI is InChI=1S/C20H25N5O4S/c1-16(26)17-3-2-4-19(13-17)30(27,28)25-7-5-24(6-8-25)20-14-18(15-21-22-20)23-9-11-29-12-10-23/h2-4,13-15H,5-12H2,1H3. The highest BCUT2D eigenvalue weighted by atomic mass is 32.2. The number of Topliss-reactive ketones (excluding diaryl/α,β-unsaturated/α-hetero) is 1. The van der Waals surface area contributed by atoms with Crippen LogP contribution in [0.25, 0.3) is 0 Å². The molecule has 1 aromatic heterocycles. The van der Waals surface area contributed by atoms with Crippen LogP contribution < -0.4 is 9.80 Å². The van der Waals surface area contributed by atoms with Crippen LogP contribution in [0.4, 0.5) is 11.5 Å². The van der Waals surface area contributed by atoms with Crippen LogP contribution in [0, 0.1) is 0 Å². The third-order valence-electron chi connectivity index (χ3n) is 5.44. The predicted molar refractivity (Wildman–Crippen MR) is 112 cm³/mol. The van der Waals surface area contributed by atoms with E-state index in [1.165, 1.54) is 23.4 Å². The largest absolute Gasteiger partial charge is 0.378 e. The maximum Gasteiger partial charge on any atom is 0.243 e. The molecule has 4 rings (SSSR count). The monoisotopic (exact) mass is 431 g/mol. The molecule has 2 fully saturated rings. The van der Waals surface area contributed by atoms with Crippen LogP contribution in [0.2, 0.25) is 0 Å². The lowest BCUT2D eigenvalue weighted by Crippen LogP contribution is -2.49. The molecule has 2 aliphatic heterocycles.